The standard InChI is InChI=1S/C48H99O3P/c1-7-13-19-25-30-36-42-47(41-35-24-18-12-6,43-37-31-26-20-14-8-2)48(44-38-32-27-21-15-9-3,45-39-33-28-22-16-10-4)51-52(49)50-46-40-34-29-23-17-11-5/h49H,7-46H2,1-6H3. The van der Waals surface area contributed by atoms with Gasteiger partial charge in [0.2, 0.25) is 0 Å². The summed E-state index contributed by atoms with van der Waals surface area (Å²) >= 11 is 0. The zero-order valence-corrected chi connectivity index (χ0v) is 37.9. The molecule has 52 heavy (non-hydrogen) atoms. The minimum absolute atomic E-state index is 0.121. The van der Waals surface area contributed by atoms with Crippen LogP contribution < -0.4 is 0 Å². The van der Waals surface area contributed by atoms with E-state index < -0.39 is 8.60 Å². The third-order valence-corrected chi connectivity index (χ3v) is 13.2. The molecular formula is C48H99O3P. The molecule has 0 saturated heterocycles. The second-order valence-corrected chi connectivity index (χ2v) is 18.0. The van der Waals surface area contributed by atoms with Crippen molar-refractivity contribution in [1.82, 2.24) is 0 Å². The molecule has 1 N–H and O–H groups in total. The average molecular weight is 755 g/mol. The van der Waals surface area contributed by atoms with Crippen LogP contribution in [0.3, 0.4) is 0 Å². The molecule has 0 saturated carbocycles. The van der Waals surface area contributed by atoms with Gasteiger partial charge in [-0.1, -0.05) is 253 Å². The first-order valence-electron chi connectivity index (χ1n) is 24.3. The minimum Gasteiger partial charge on any atom is -0.328 e. The van der Waals surface area contributed by atoms with Gasteiger partial charge in [-0.2, -0.15) is 0 Å². The van der Waals surface area contributed by atoms with Crippen LogP contribution in [-0.4, -0.2) is 17.1 Å². The molecule has 0 aromatic heterocycles. The predicted octanol–water partition coefficient (Wildman–Crippen LogP) is 18.3. The Morgan fingerprint density at radius 3 is 0.904 bits per heavy atom. The third-order valence-electron chi connectivity index (χ3n) is 12.3. The van der Waals surface area contributed by atoms with E-state index in [4.69, 9.17) is 9.05 Å². The van der Waals surface area contributed by atoms with E-state index in [1.54, 1.807) is 0 Å². The van der Waals surface area contributed by atoms with E-state index in [0.29, 0.717) is 6.61 Å². The maximum Gasteiger partial charge on any atom is 0.330 e. The highest BCUT2D eigenvalue weighted by molar-refractivity contribution is 7.40. The fraction of sp³-hybridized carbons (Fsp3) is 1.00. The van der Waals surface area contributed by atoms with E-state index in [-0.39, 0.29) is 11.0 Å². The molecule has 0 aliphatic rings. The highest BCUT2D eigenvalue weighted by Crippen LogP contribution is 2.58. The number of hydrogen-bond donors (Lipinski definition) is 1. The van der Waals surface area contributed by atoms with Crippen molar-refractivity contribution in [2.24, 2.45) is 5.41 Å². The van der Waals surface area contributed by atoms with Crippen molar-refractivity contribution < 1.29 is 13.9 Å². The summed E-state index contributed by atoms with van der Waals surface area (Å²) in [5.41, 5.74) is -0.168. The van der Waals surface area contributed by atoms with Crippen molar-refractivity contribution in [2.75, 3.05) is 6.61 Å². The summed E-state index contributed by atoms with van der Waals surface area (Å²) in [6, 6.07) is 0. The van der Waals surface area contributed by atoms with Crippen LogP contribution in [0.15, 0.2) is 0 Å². The van der Waals surface area contributed by atoms with Crippen molar-refractivity contribution in [3.8, 4) is 0 Å². The lowest BCUT2D eigenvalue weighted by Gasteiger charge is -2.52. The molecule has 314 valence electrons. The maximum absolute atomic E-state index is 11.8. The Morgan fingerprint density at radius 2 is 0.577 bits per heavy atom. The summed E-state index contributed by atoms with van der Waals surface area (Å²) in [4.78, 5) is 11.8. The fourth-order valence-electron chi connectivity index (χ4n) is 8.86. The van der Waals surface area contributed by atoms with Crippen LogP contribution in [0.25, 0.3) is 0 Å². The number of rotatable bonds is 44. The third kappa shape index (κ3) is 27.8. The summed E-state index contributed by atoms with van der Waals surface area (Å²) in [6.45, 7) is 14.6. The molecule has 0 fully saturated rings. The molecule has 0 aromatic rings. The van der Waals surface area contributed by atoms with Gasteiger partial charge < -0.3 is 13.9 Å². The van der Waals surface area contributed by atoms with Crippen LogP contribution in [0.4, 0.5) is 0 Å². The van der Waals surface area contributed by atoms with Gasteiger partial charge in [0.25, 0.3) is 0 Å². The zero-order valence-electron chi connectivity index (χ0n) is 37.0. The number of unbranched alkanes of at least 4 members (excludes halogenated alkanes) is 28. The van der Waals surface area contributed by atoms with E-state index in [1.807, 2.05) is 0 Å². The predicted molar refractivity (Wildman–Crippen MR) is 235 cm³/mol. The Kier molecular flexibility index (Phi) is 39.8. The second kappa shape index (κ2) is 39.5. The Morgan fingerprint density at radius 1 is 0.327 bits per heavy atom. The van der Waals surface area contributed by atoms with Crippen LogP contribution in [0.2, 0.25) is 0 Å². The minimum atomic E-state index is -1.90. The molecule has 0 bridgehead atoms. The van der Waals surface area contributed by atoms with Gasteiger partial charge in [-0.3, -0.25) is 0 Å². The Hall–Kier alpha value is 0.310. The monoisotopic (exact) mass is 755 g/mol. The van der Waals surface area contributed by atoms with Crippen molar-refractivity contribution >= 4 is 8.60 Å². The van der Waals surface area contributed by atoms with Crippen molar-refractivity contribution in [3.63, 3.8) is 0 Å². The average Bonchev–Trinajstić information content (AvgIpc) is 3.14. The summed E-state index contributed by atoms with van der Waals surface area (Å²) in [6.07, 6.45) is 50.6. The van der Waals surface area contributed by atoms with E-state index in [9.17, 15) is 4.89 Å². The first-order chi connectivity index (χ1) is 25.5. The summed E-state index contributed by atoms with van der Waals surface area (Å²) < 4.78 is 13.6. The molecule has 0 aliphatic carbocycles. The smallest absolute Gasteiger partial charge is 0.328 e. The van der Waals surface area contributed by atoms with Crippen LogP contribution >= 0.6 is 8.60 Å². The van der Waals surface area contributed by atoms with E-state index in [2.05, 4.69) is 41.5 Å². The van der Waals surface area contributed by atoms with Gasteiger partial charge in [0.15, 0.2) is 0 Å². The van der Waals surface area contributed by atoms with E-state index in [0.717, 1.165) is 19.3 Å². The molecule has 0 heterocycles. The lowest BCUT2D eigenvalue weighted by atomic mass is 9.59. The van der Waals surface area contributed by atoms with Gasteiger partial charge in [-0.15, -0.1) is 0 Å². The topological polar surface area (TPSA) is 38.7 Å². The molecule has 0 aliphatic heterocycles. The molecule has 0 aromatic carbocycles. The van der Waals surface area contributed by atoms with Gasteiger partial charge in [-0.05, 0) is 43.9 Å². The molecule has 4 heteroatoms. The molecule has 0 rings (SSSR count). The summed E-state index contributed by atoms with van der Waals surface area (Å²) in [7, 11) is -1.90. The molecule has 1 unspecified atom stereocenters. The zero-order chi connectivity index (χ0) is 38.3. The van der Waals surface area contributed by atoms with Crippen LogP contribution in [-0.2, 0) is 9.05 Å². The molecule has 0 radical (unpaired) electrons. The van der Waals surface area contributed by atoms with Gasteiger partial charge in [0.05, 0.1) is 12.2 Å². The fourth-order valence-corrected chi connectivity index (χ4v) is 9.88. The van der Waals surface area contributed by atoms with Crippen LogP contribution in [0, 0.1) is 5.41 Å². The molecule has 0 spiro atoms. The van der Waals surface area contributed by atoms with Gasteiger partial charge in [0, 0.05) is 0 Å². The SMILES string of the molecule is CCCCCCCCOP(O)OC(CCCCCCCC)(CCCCCCCC)C(CCCCCC)(CCCCCCCC)CCCCCCCC. The second-order valence-electron chi connectivity index (χ2n) is 17.1. The van der Waals surface area contributed by atoms with E-state index in [1.165, 1.54) is 231 Å². The number of hydrogen-bond acceptors (Lipinski definition) is 3. The van der Waals surface area contributed by atoms with Gasteiger partial charge in [-0.25, -0.2) is 0 Å². The van der Waals surface area contributed by atoms with Crippen LogP contribution in [0.1, 0.15) is 292 Å². The Balaban J connectivity index is 6.61. The first-order valence-corrected chi connectivity index (χ1v) is 25.4. The normalized spacial score (nSPS) is 13.0. The molecule has 1 atom stereocenters. The largest absolute Gasteiger partial charge is 0.330 e. The maximum atomic E-state index is 11.8. The highest BCUT2D eigenvalue weighted by Gasteiger charge is 2.51. The Labute approximate surface area is 331 Å². The highest BCUT2D eigenvalue weighted by atomic mass is 31.2. The molecular weight excluding hydrogens is 655 g/mol. The summed E-state index contributed by atoms with van der Waals surface area (Å²) in [5, 5.41) is 0. The van der Waals surface area contributed by atoms with Crippen molar-refractivity contribution in [1.29, 1.82) is 0 Å². The first kappa shape index (κ1) is 52.3. The molecule has 3 nitrogen and oxygen atoms in total. The Bertz CT molecular complexity index is 653. The quantitative estimate of drug-likeness (QED) is 0.0497. The van der Waals surface area contributed by atoms with Crippen LogP contribution in [0.5, 0.6) is 0 Å². The van der Waals surface area contributed by atoms with E-state index >= 15 is 0 Å². The van der Waals surface area contributed by atoms with Gasteiger partial charge in [0.1, 0.15) is 0 Å². The van der Waals surface area contributed by atoms with Crippen molar-refractivity contribution in [2.45, 2.75) is 298 Å². The molecule has 0 amide bonds. The lowest BCUT2D eigenvalue weighted by Crippen LogP contribution is -2.50. The van der Waals surface area contributed by atoms with Gasteiger partial charge >= 0.3 is 8.60 Å². The lowest BCUT2D eigenvalue weighted by molar-refractivity contribution is -0.104. The van der Waals surface area contributed by atoms with Crippen molar-refractivity contribution in [3.05, 3.63) is 0 Å². The summed E-state index contributed by atoms with van der Waals surface area (Å²) in [5.74, 6) is 0.